The largest absolute Gasteiger partial charge is 0.348 e. The molecular formula is C12H21N3S. The van der Waals surface area contributed by atoms with Crippen molar-refractivity contribution in [2.45, 2.75) is 39.2 Å². The number of aromatic nitrogens is 1. The molecular weight excluding hydrogens is 218 g/mol. The van der Waals surface area contributed by atoms with Crippen molar-refractivity contribution >= 4 is 16.5 Å². The standard InChI is InChI=1S/C12H21N3S/c1-2-10-4-3-6-15(7-5-10)12-14-9-11(8-13)16-12/h9-10H,2-8,13H2,1H3. The summed E-state index contributed by atoms with van der Waals surface area (Å²) in [6.45, 7) is 5.24. The second-order valence-corrected chi connectivity index (χ2v) is 5.60. The average Bonchev–Trinajstić information content (AvgIpc) is 2.67. The number of nitrogens with two attached hydrogens (primary N) is 1. The number of hydrogen-bond donors (Lipinski definition) is 1. The normalized spacial score (nSPS) is 22.1. The van der Waals surface area contributed by atoms with Crippen molar-refractivity contribution in [3.8, 4) is 0 Å². The van der Waals surface area contributed by atoms with Crippen LogP contribution in [0.4, 0.5) is 5.13 Å². The van der Waals surface area contributed by atoms with E-state index in [1.165, 1.54) is 30.6 Å². The third-order valence-corrected chi connectivity index (χ3v) is 4.52. The summed E-state index contributed by atoms with van der Waals surface area (Å²) in [7, 11) is 0. The fourth-order valence-electron chi connectivity index (χ4n) is 2.30. The van der Waals surface area contributed by atoms with Gasteiger partial charge in [0.25, 0.3) is 0 Å². The van der Waals surface area contributed by atoms with Gasteiger partial charge in [0, 0.05) is 30.7 Å². The van der Waals surface area contributed by atoms with Crippen LogP contribution in [-0.2, 0) is 6.54 Å². The Morgan fingerprint density at radius 2 is 2.38 bits per heavy atom. The first kappa shape index (κ1) is 11.9. The highest BCUT2D eigenvalue weighted by Crippen LogP contribution is 2.27. The van der Waals surface area contributed by atoms with E-state index in [-0.39, 0.29) is 0 Å². The molecule has 1 aromatic heterocycles. The first-order valence-electron chi connectivity index (χ1n) is 6.23. The molecule has 2 rings (SSSR count). The zero-order valence-corrected chi connectivity index (χ0v) is 10.8. The third kappa shape index (κ3) is 2.74. The van der Waals surface area contributed by atoms with Gasteiger partial charge in [-0.3, -0.25) is 0 Å². The minimum Gasteiger partial charge on any atom is -0.348 e. The summed E-state index contributed by atoms with van der Waals surface area (Å²) in [6.07, 6.45) is 7.23. The molecule has 2 N–H and O–H groups in total. The van der Waals surface area contributed by atoms with Crippen LogP contribution in [-0.4, -0.2) is 18.1 Å². The molecule has 1 saturated heterocycles. The summed E-state index contributed by atoms with van der Waals surface area (Å²) in [5, 5.41) is 1.16. The third-order valence-electron chi connectivity index (χ3n) is 3.44. The molecule has 0 aromatic carbocycles. The zero-order chi connectivity index (χ0) is 11.4. The molecule has 3 nitrogen and oxygen atoms in total. The van der Waals surface area contributed by atoms with E-state index in [4.69, 9.17) is 5.73 Å². The lowest BCUT2D eigenvalue weighted by atomic mass is 9.98. The molecule has 4 heteroatoms. The quantitative estimate of drug-likeness (QED) is 0.881. The van der Waals surface area contributed by atoms with Crippen molar-refractivity contribution in [1.82, 2.24) is 4.98 Å². The molecule has 1 aromatic rings. The van der Waals surface area contributed by atoms with Crippen molar-refractivity contribution in [2.24, 2.45) is 11.7 Å². The van der Waals surface area contributed by atoms with Crippen LogP contribution in [0.5, 0.6) is 0 Å². The van der Waals surface area contributed by atoms with Crippen LogP contribution in [0.3, 0.4) is 0 Å². The average molecular weight is 239 g/mol. The SMILES string of the molecule is CCC1CCCN(c2ncc(CN)s2)CC1. The maximum Gasteiger partial charge on any atom is 0.185 e. The molecule has 90 valence electrons. The molecule has 16 heavy (non-hydrogen) atoms. The number of anilines is 1. The highest BCUT2D eigenvalue weighted by atomic mass is 32.1. The van der Waals surface area contributed by atoms with Gasteiger partial charge in [-0.15, -0.1) is 11.3 Å². The summed E-state index contributed by atoms with van der Waals surface area (Å²) in [6, 6.07) is 0. The Morgan fingerprint density at radius 1 is 1.50 bits per heavy atom. The Hall–Kier alpha value is -0.610. The van der Waals surface area contributed by atoms with Gasteiger partial charge in [0.2, 0.25) is 0 Å². The van der Waals surface area contributed by atoms with E-state index in [0.717, 1.165) is 24.1 Å². The van der Waals surface area contributed by atoms with E-state index < -0.39 is 0 Å². The van der Waals surface area contributed by atoms with Crippen LogP contribution in [0.15, 0.2) is 6.20 Å². The fourth-order valence-corrected chi connectivity index (χ4v) is 3.14. The second kappa shape index (κ2) is 5.64. The minimum absolute atomic E-state index is 0.614. The summed E-state index contributed by atoms with van der Waals surface area (Å²) in [5.74, 6) is 0.916. The Balaban J connectivity index is 1.99. The number of rotatable bonds is 3. The Bertz CT molecular complexity index is 324. The van der Waals surface area contributed by atoms with Crippen molar-refractivity contribution in [2.75, 3.05) is 18.0 Å². The van der Waals surface area contributed by atoms with Crippen LogP contribution in [0.2, 0.25) is 0 Å². The summed E-state index contributed by atoms with van der Waals surface area (Å²) in [5.41, 5.74) is 5.62. The molecule has 0 radical (unpaired) electrons. The van der Waals surface area contributed by atoms with Gasteiger partial charge in [0.1, 0.15) is 0 Å². The maximum atomic E-state index is 5.62. The van der Waals surface area contributed by atoms with Gasteiger partial charge in [-0.25, -0.2) is 4.98 Å². The molecule has 0 amide bonds. The predicted molar refractivity (Wildman–Crippen MR) is 69.9 cm³/mol. The monoisotopic (exact) mass is 239 g/mol. The van der Waals surface area contributed by atoms with Gasteiger partial charge in [0.05, 0.1) is 0 Å². The minimum atomic E-state index is 0.614. The van der Waals surface area contributed by atoms with Crippen LogP contribution in [0, 0.1) is 5.92 Å². The van der Waals surface area contributed by atoms with Crippen molar-refractivity contribution in [3.05, 3.63) is 11.1 Å². The molecule has 1 atom stereocenters. The van der Waals surface area contributed by atoms with E-state index in [9.17, 15) is 0 Å². The van der Waals surface area contributed by atoms with Crippen LogP contribution in [0.1, 0.15) is 37.5 Å². The Kier molecular flexibility index (Phi) is 4.18. The molecule has 0 spiro atoms. The highest BCUT2D eigenvalue weighted by Gasteiger charge is 2.17. The van der Waals surface area contributed by atoms with Gasteiger partial charge in [-0.1, -0.05) is 13.3 Å². The summed E-state index contributed by atoms with van der Waals surface area (Å²) in [4.78, 5) is 8.08. The highest BCUT2D eigenvalue weighted by molar-refractivity contribution is 7.15. The number of thiazole rings is 1. The van der Waals surface area contributed by atoms with Crippen molar-refractivity contribution in [1.29, 1.82) is 0 Å². The van der Waals surface area contributed by atoms with E-state index in [1.807, 2.05) is 6.20 Å². The van der Waals surface area contributed by atoms with Crippen LogP contribution >= 0.6 is 11.3 Å². The van der Waals surface area contributed by atoms with Crippen LogP contribution in [0.25, 0.3) is 0 Å². The Labute approximate surface area is 102 Å². The first-order chi connectivity index (χ1) is 7.83. The molecule has 2 heterocycles. The fraction of sp³-hybridized carbons (Fsp3) is 0.750. The molecule has 1 aliphatic heterocycles. The van der Waals surface area contributed by atoms with Gasteiger partial charge in [-0.05, 0) is 25.2 Å². The second-order valence-electron chi connectivity index (χ2n) is 4.51. The predicted octanol–water partition coefficient (Wildman–Crippen LogP) is 2.62. The Morgan fingerprint density at radius 3 is 3.06 bits per heavy atom. The van der Waals surface area contributed by atoms with E-state index in [0.29, 0.717) is 6.54 Å². The molecule has 0 bridgehead atoms. The summed E-state index contributed by atoms with van der Waals surface area (Å²) >= 11 is 1.75. The topological polar surface area (TPSA) is 42.2 Å². The van der Waals surface area contributed by atoms with Gasteiger partial charge in [-0.2, -0.15) is 0 Å². The van der Waals surface area contributed by atoms with Crippen LogP contribution < -0.4 is 10.6 Å². The zero-order valence-electron chi connectivity index (χ0n) is 9.98. The molecule has 1 unspecified atom stereocenters. The first-order valence-corrected chi connectivity index (χ1v) is 7.04. The molecule has 0 saturated carbocycles. The van der Waals surface area contributed by atoms with Gasteiger partial charge in [0.15, 0.2) is 5.13 Å². The lowest BCUT2D eigenvalue weighted by Gasteiger charge is -2.19. The number of hydrogen-bond acceptors (Lipinski definition) is 4. The smallest absolute Gasteiger partial charge is 0.185 e. The van der Waals surface area contributed by atoms with Crippen molar-refractivity contribution < 1.29 is 0 Å². The van der Waals surface area contributed by atoms with E-state index >= 15 is 0 Å². The lowest BCUT2D eigenvalue weighted by molar-refractivity contribution is 0.459. The molecule has 1 aliphatic rings. The van der Waals surface area contributed by atoms with Gasteiger partial charge >= 0.3 is 0 Å². The number of nitrogens with zero attached hydrogens (tertiary/aromatic N) is 2. The lowest BCUT2D eigenvalue weighted by Crippen LogP contribution is -2.23. The summed E-state index contributed by atoms with van der Waals surface area (Å²) < 4.78 is 0. The van der Waals surface area contributed by atoms with E-state index in [1.54, 1.807) is 11.3 Å². The molecule has 1 fully saturated rings. The maximum absolute atomic E-state index is 5.62. The molecule has 0 aliphatic carbocycles. The van der Waals surface area contributed by atoms with Crippen molar-refractivity contribution in [3.63, 3.8) is 0 Å². The van der Waals surface area contributed by atoms with E-state index in [2.05, 4.69) is 16.8 Å². The van der Waals surface area contributed by atoms with Gasteiger partial charge < -0.3 is 10.6 Å².